The van der Waals surface area contributed by atoms with Crippen LogP contribution in [0.4, 0.5) is 22.0 Å². The van der Waals surface area contributed by atoms with Crippen molar-refractivity contribution in [1.82, 2.24) is 4.98 Å². The molecule has 0 aliphatic heterocycles. The lowest BCUT2D eigenvalue weighted by molar-refractivity contribution is 0.0636. The Labute approximate surface area is 171 Å². The van der Waals surface area contributed by atoms with E-state index in [0.29, 0.717) is 17.1 Å². The molecule has 0 saturated heterocycles. The minimum absolute atomic E-state index is 0.117. The molecular formula is C22H27N5O2. The number of aryl methyl sites for hydroxylation is 1. The van der Waals surface area contributed by atoms with E-state index in [4.69, 9.17) is 10.1 Å². The van der Waals surface area contributed by atoms with Gasteiger partial charge in [0.2, 0.25) is 0 Å². The van der Waals surface area contributed by atoms with Gasteiger partial charge in [-0.25, -0.2) is 9.78 Å². The van der Waals surface area contributed by atoms with Gasteiger partial charge in [-0.15, -0.1) is 0 Å². The first kappa shape index (κ1) is 21.9. The summed E-state index contributed by atoms with van der Waals surface area (Å²) in [7, 11) is 0. The van der Waals surface area contributed by atoms with Crippen LogP contribution in [0.25, 0.3) is 0 Å². The number of nitrogens with one attached hydrogen (secondary N) is 3. The molecular weight excluding hydrogens is 366 g/mol. The van der Waals surface area contributed by atoms with Gasteiger partial charge in [0.15, 0.2) is 0 Å². The highest BCUT2D eigenvalue weighted by atomic mass is 16.6. The monoisotopic (exact) mass is 393 g/mol. The molecule has 3 N–H and O–H groups in total. The standard InChI is InChI=1S/C22H27N5O2/c1-13(2)19(24)18-17(27-21(28)29-22(4,5)6)11-16(12-23)26-20(18)25-15-9-7-8-14(3)10-15/h7-11,13,24H,1-6H3,(H2,25,26,27,28). The van der Waals surface area contributed by atoms with Crippen LogP contribution in [0.15, 0.2) is 30.3 Å². The van der Waals surface area contributed by atoms with Crippen LogP contribution in [0.3, 0.4) is 0 Å². The number of ether oxygens (including phenoxy) is 1. The average Bonchev–Trinajstić information content (AvgIpc) is 2.59. The molecule has 0 aliphatic carbocycles. The van der Waals surface area contributed by atoms with Gasteiger partial charge in [0, 0.05) is 11.4 Å². The minimum Gasteiger partial charge on any atom is -0.444 e. The quantitative estimate of drug-likeness (QED) is 0.591. The minimum atomic E-state index is -0.677. The van der Waals surface area contributed by atoms with Gasteiger partial charge in [-0.3, -0.25) is 5.32 Å². The number of carbonyl (C=O) groups excluding carboxylic acids is 1. The molecule has 152 valence electrons. The van der Waals surface area contributed by atoms with Gasteiger partial charge in [-0.1, -0.05) is 26.0 Å². The third-order valence-corrected chi connectivity index (χ3v) is 3.90. The average molecular weight is 393 g/mol. The highest BCUT2D eigenvalue weighted by Gasteiger charge is 2.23. The van der Waals surface area contributed by atoms with Crippen LogP contribution in [0.1, 0.15) is 51.4 Å². The maximum atomic E-state index is 12.4. The molecule has 0 radical (unpaired) electrons. The van der Waals surface area contributed by atoms with E-state index in [-0.39, 0.29) is 17.3 Å². The Bertz CT molecular complexity index is 968. The lowest BCUT2D eigenvalue weighted by atomic mass is 9.98. The molecule has 0 saturated carbocycles. The van der Waals surface area contributed by atoms with Crippen LogP contribution in [0.2, 0.25) is 0 Å². The molecule has 2 rings (SSSR count). The molecule has 2 aromatic rings. The summed E-state index contributed by atoms with van der Waals surface area (Å²) in [6.45, 7) is 11.0. The number of nitrogens with zero attached hydrogens (tertiary/aromatic N) is 2. The Balaban J connectivity index is 2.57. The van der Waals surface area contributed by atoms with Crippen LogP contribution in [0, 0.1) is 29.6 Å². The lowest BCUT2D eigenvalue weighted by Gasteiger charge is -2.22. The summed E-state index contributed by atoms with van der Waals surface area (Å²) in [5.74, 6) is 0.210. The van der Waals surface area contributed by atoms with Crippen molar-refractivity contribution in [3.05, 3.63) is 47.2 Å². The van der Waals surface area contributed by atoms with E-state index in [1.165, 1.54) is 6.07 Å². The van der Waals surface area contributed by atoms with Crippen LogP contribution in [-0.2, 0) is 4.74 Å². The van der Waals surface area contributed by atoms with Gasteiger partial charge in [-0.05, 0) is 57.4 Å². The van der Waals surface area contributed by atoms with Gasteiger partial charge < -0.3 is 15.5 Å². The van der Waals surface area contributed by atoms with Crippen molar-refractivity contribution in [3.8, 4) is 6.07 Å². The maximum Gasteiger partial charge on any atom is 0.412 e. The molecule has 1 aromatic heterocycles. The fraction of sp³-hybridized carbons (Fsp3) is 0.364. The van der Waals surface area contributed by atoms with Crippen molar-refractivity contribution in [2.75, 3.05) is 10.6 Å². The number of benzene rings is 1. The largest absolute Gasteiger partial charge is 0.444 e. The zero-order valence-corrected chi connectivity index (χ0v) is 17.7. The predicted molar refractivity (Wildman–Crippen MR) is 115 cm³/mol. The first-order valence-corrected chi connectivity index (χ1v) is 9.38. The summed E-state index contributed by atoms with van der Waals surface area (Å²) in [6, 6.07) is 11.1. The number of nitriles is 1. The predicted octanol–water partition coefficient (Wildman–Crippen LogP) is 5.38. The van der Waals surface area contributed by atoms with E-state index in [1.54, 1.807) is 20.8 Å². The van der Waals surface area contributed by atoms with E-state index in [0.717, 1.165) is 11.3 Å². The molecule has 0 atom stereocenters. The summed E-state index contributed by atoms with van der Waals surface area (Å²) >= 11 is 0. The molecule has 7 heteroatoms. The van der Waals surface area contributed by atoms with E-state index in [9.17, 15) is 10.1 Å². The van der Waals surface area contributed by atoms with Crippen molar-refractivity contribution >= 4 is 29.0 Å². The molecule has 29 heavy (non-hydrogen) atoms. The summed E-state index contributed by atoms with van der Waals surface area (Å²) in [5, 5.41) is 23.9. The SMILES string of the molecule is Cc1cccc(Nc2nc(C#N)cc(NC(=O)OC(C)(C)C)c2C(=N)C(C)C)c1. The number of pyridine rings is 1. The van der Waals surface area contributed by atoms with Gasteiger partial charge in [0.1, 0.15) is 23.2 Å². The second-order valence-corrected chi connectivity index (χ2v) is 8.08. The molecule has 0 bridgehead atoms. The summed E-state index contributed by atoms with van der Waals surface area (Å²) in [5.41, 5.74) is 2.28. The van der Waals surface area contributed by atoms with E-state index in [2.05, 4.69) is 15.6 Å². The number of carbonyl (C=O) groups is 1. The number of hydrogen-bond acceptors (Lipinski definition) is 6. The Morgan fingerprint density at radius 1 is 1.28 bits per heavy atom. The van der Waals surface area contributed by atoms with E-state index >= 15 is 0 Å². The molecule has 1 amide bonds. The van der Waals surface area contributed by atoms with Gasteiger partial charge in [0.25, 0.3) is 0 Å². The van der Waals surface area contributed by atoms with Crippen LogP contribution in [0.5, 0.6) is 0 Å². The third kappa shape index (κ3) is 6.04. The van der Waals surface area contributed by atoms with Crippen LogP contribution in [-0.4, -0.2) is 22.4 Å². The molecule has 0 fully saturated rings. The molecule has 0 spiro atoms. The van der Waals surface area contributed by atoms with Crippen molar-refractivity contribution in [2.45, 2.75) is 47.1 Å². The molecule has 1 aromatic carbocycles. The van der Waals surface area contributed by atoms with Crippen LogP contribution >= 0.6 is 0 Å². The normalized spacial score (nSPS) is 11.0. The molecule has 7 nitrogen and oxygen atoms in total. The Kier molecular flexibility index (Phi) is 6.60. The van der Waals surface area contributed by atoms with Crippen molar-refractivity contribution < 1.29 is 9.53 Å². The Morgan fingerprint density at radius 3 is 2.52 bits per heavy atom. The lowest BCUT2D eigenvalue weighted by Crippen LogP contribution is -2.28. The van der Waals surface area contributed by atoms with Crippen molar-refractivity contribution in [1.29, 1.82) is 10.7 Å². The van der Waals surface area contributed by atoms with Crippen LogP contribution < -0.4 is 10.6 Å². The molecule has 1 heterocycles. The smallest absolute Gasteiger partial charge is 0.412 e. The van der Waals surface area contributed by atoms with E-state index < -0.39 is 11.7 Å². The number of hydrogen-bond donors (Lipinski definition) is 3. The fourth-order valence-corrected chi connectivity index (χ4v) is 2.63. The maximum absolute atomic E-state index is 12.4. The second kappa shape index (κ2) is 8.74. The van der Waals surface area contributed by atoms with E-state index in [1.807, 2.05) is 51.1 Å². The molecule has 0 unspecified atom stereocenters. The van der Waals surface area contributed by atoms with Gasteiger partial charge >= 0.3 is 6.09 Å². The summed E-state index contributed by atoms with van der Waals surface area (Å²) < 4.78 is 5.34. The second-order valence-electron chi connectivity index (χ2n) is 8.08. The first-order valence-electron chi connectivity index (χ1n) is 9.38. The zero-order valence-electron chi connectivity index (χ0n) is 17.7. The zero-order chi connectivity index (χ0) is 21.8. The topological polar surface area (TPSA) is 111 Å². The van der Waals surface area contributed by atoms with Crippen molar-refractivity contribution in [3.63, 3.8) is 0 Å². The van der Waals surface area contributed by atoms with Gasteiger partial charge in [0.05, 0.1) is 11.3 Å². The number of rotatable bonds is 5. The summed E-state index contributed by atoms with van der Waals surface area (Å²) in [6.07, 6.45) is -0.660. The Hall–Kier alpha value is -3.40. The molecule has 0 aliphatic rings. The summed E-state index contributed by atoms with van der Waals surface area (Å²) in [4.78, 5) is 16.7. The first-order chi connectivity index (χ1) is 13.5. The number of anilines is 3. The highest BCUT2D eigenvalue weighted by Crippen LogP contribution is 2.30. The van der Waals surface area contributed by atoms with Crippen molar-refractivity contribution in [2.24, 2.45) is 5.92 Å². The highest BCUT2D eigenvalue weighted by molar-refractivity contribution is 6.10. The number of aromatic nitrogens is 1. The van der Waals surface area contributed by atoms with Gasteiger partial charge in [-0.2, -0.15) is 5.26 Å². The fourth-order valence-electron chi connectivity index (χ4n) is 2.63. The Morgan fingerprint density at radius 2 is 1.97 bits per heavy atom. The number of amides is 1. The third-order valence-electron chi connectivity index (χ3n) is 3.90.